The number of fused-ring (bicyclic) bond motifs is 1. The molecule has 0 aliphatic carbocycles. The van der Waals surface area contributed by atoms with E-state index >= 15 is 0 Å². The van der Waals surface area contributed by atoms with E-state index in [2.05, 4.69) is 9.97 Å². The average Bonchev–Trinajstić information content (AvgIpc) is 3.24. The summed E-state index contributed by atoms with van der Waals surface area (Å²) in [5.41, 5.74) is -6.22. The van der Waals surface area contributed by atoms with Crippen LogP contribution in [0.5, 0.6) is 0 Å². The second-order valence-electron chi connectivity index (χ2n) is 6.95. The van der Waals surface area contributed by atoms with Crippen molar-refractivity contribution in [2.45, 2.75) is 32.1 Å². The third-order valence-electron chi connectivity index (χ3n) is 4.75. The van der Waals surface area contributed by atoms with Gasteiger partial charge >= 0.3 is 11.9 Å². The maximum absolute atomic E-state index is 14.4. The molecule has 4 rings (SSSR count). The minimum absolute atomic E-state index is 0.223. The van der Waals surface area contributed by atoms with Crippen molar-refractivity contribution in [1.82, 2.24) is 19.5 Å². The van der Waals surface area contributed by atoms with Gasteiger partial charge in [-0.25, -0.2) is 14.8 Å². The molecule has 0 bridgehead atoms. The number of anilines is 2. The molecule has 1 aliphatic heterocycles. The number of hydrogen-bond acceptors (Lipinski definition) is 7. The van der Waals surface area contributed by atoms with Crippen LogP contribution in [0.2, 0.25) is 0 Å². The normalized spacial score (nSPS) is 18.0. The molecule has 0 spiro atoms. The topological polar surface area (TPSA) is 135 Å². The Balaban J connectivity index is 1.96. The third-order valence-corrected chi connectivity index (χ3v) is 4.75. The standard InChI is InChI=1S/C18H15F3N6O4/c1-8-6-9(2)23-15(22-8)26-17(18(19,20)21)11-12(24-14(17)29)27(16(30)25-13(11)28)7-10-4-3-5-31-10/h3-6H,7H2,1-2H3,(H,24,29)(H,22,23,26)(H,25,28,30). The molecule has 0 aromatic carbocycles. The first-order valence-electron chi connectivity index (χ1n) is 8.91. The van der Waals surface area contributed by atoms with Crippen LogP contribution in [0, 0.1) is 13.8 Å². The number of alkyl halides is 3. The van der Waals surface area contributed by atoms with Crippen molar-refractivity contribution in [2.24, 2.45) is 0 Å². The highest BCUT2D eigenvalue weighted by molar-refractivity contribution is 6.07. The fraction of sp³-hybridized carbons (Fsp3) is 0.278. The summed E-state index contributed by atoms with van der Waals surface area (Å²) in [6.45, 7) is 2.76. The van der Waals surface area contributed by atoms with Gasteiger partial charge in [0.1, 0.15) is 17.1 Å². The molecule has 0 fully saturated rings. The lowest BCUT2D eigenvalue weighted by atomic mass is 9.92. The van der Waals surface area contributed by atoms with Gasteiger partial charge in [0.15, 0.2) is 0 Å². The molecular weight excluding hydrogens is 421 g/mol. The summed E-state index contributed by atoms with van der Waals surface area (Å²) in [5, 5.41) is 4.04. The molecule has 1 amide bonds. The van der Waals surface area contributed by atoms with Crippen LogP contribution in [0.15, 0.2) is 38.5 Å². The predicted octanol–water partition coefficient (Wildman–Crippen LogP) is 1.41. The SMILES string of the molecule is Cc1cc(C)nc(NC2(C(F)(F)F)C(=O)Nc3c2c(=O)[nH]c(=O)n3Cc2ccco2)n1. The van der Waals surface area contributed by atoms with Gasteiger partial charge in [0.25, 0.3) is 17.0 Å². The molecule has 31 heavy (non-hydrogen) atoms. The highest BCUT2D eigenvalue weighted by atomic mass is 19.4. The van der Waals surface area contributed by atoms with Crippen molar-refractivity contribution in [3.8, 4) is 0 Å². The number of aromatic nitrogens is 4. The summed E-state index contributed by atoms with van der Waals surface area (Å²) in [6.07, 6.45) is -3.98. The molecule has 0 radical (unpaired) electrons. The Morgan fingerprint density at radius 1 is 1.19 bits per heavy atom. The predicted molar refractivity (Wildman–Crippen MR) is 101 cm³/mol. The molecule has 1 aliphatic rings. The Morgan fingerprint density at radius 2 is 1.87 bits per heavy atom. The van der Waals surface area contributed by atoms with Crippen LogP contribution in [-0.2, 0) is 16.9 Å². The van der Waals surface area contributed by atoms with E-state index in [1.807, 2.05) is 15.6 Å². The molecule has 10 nitrogen and oxygen atoms in total. The van der Waals surface area contributed by atoms with Gasteiger partial charge in [0, 0.05) is 11.4 Å². The Bertz CT molecular complexity index is 1270. The zero-order valence-corrected chi connectivity index (χ0v) is 16.1. The van der Waals surface area contributed by atoms with Crippen molar-refractivity contribution >= 4 is 17.7 Å². The van der Waals surface area contributed by atoms with Gasteiger partial charge in [-0.05, 0) is 32.0 Å². The second-order valence-corrected chi connectivity index (χ2v) is 6.95. The number of H-pyrrole nitrogens is 1. The van der Waals surface area contributed by atoms with Crippen LogP contribution in [0.1, 0.15) is 22.7 Å². The molecule has 3 N–H and O–H groups in total. The summed E-state index contributed by atoms with van der Waals surface area (Å²) < 4.78 is 49.1. The zero-order chi connectivity index (χ0) is 22.6. The van der Waals surface area contributed by atoms with Crippen LogP contribution >= 0.6 is 0 Å². The molecule has 4 heterocycles. The molecular formula is C18H15F3N6O4. The van der Waals surface area contributed by atoms with E-state index in [-0.39, 0.29) is 12.3 Å². The van der Waals surface area contributed by atoms with E-state index in [9.17, 15) is 27.6 Å². The van der Waals surface area contributed by atoms with Crippen LogP contribution in [0.3, 0.4) is 0 Å². The Labute approximate surface area is 171 Å². The lowest BCUT2D eigenvalue weighted by molar-refractivity contribution is -0.184. The first-order chi connectivity index (χ1) is 14.5. The number of rotatable bonds is 4. The lowest BCUT2D eigenvalue weighted by Crippen LogP contribution is -2.56. The van der Waals surface area contributed by atoms with Gasteiger partial charge in [0.2, 0.25) is 5.95 Å². The first-order valence-corrected chi connectivity index (χ1v) is 8.91. The summed E-state index contributed by atoms with van der Waals surface area (Å²) in [7, 11) is 0. The Morgan fingerprint density at radius 3 is 2.45 bits per heavy atom. The number of carbonyl (C=O) groups is 1. The smallest absolute Gasteiger partial charge is 0.425 e. The molecule has 3 aromatic rings. The average molecular weight is 436 g/mol. The maximum atomic E-state index is 14.4. The fourth-order valence-electron chi connectivity index (χ4n) is 3.48. The van der Waals surface area contributed by atoms with Crippen molar-refractivity contribution in [3.63, 3.8) is 0 Å². The summed E-state index contributed by atoms with van der Waals surface area (Å²) in [5.74, 6) is -2.46. The number of carbonyl (C=O) groups excluding carboxylic acids is 1. The van der Waals surface area contributed by atoms with Crippen molar-refractivity contribution in [1.29, 1.82) is 0 Å². The van der Waals surface area contributed by atoms with E-state index in [4.69, 9.17) is 4.42 Å². The fourth-order valence-corrected chi connectivity index (χ4v) is 3.48. The van der Waals surface area contributed by atoms with E-state index in [1.165, 1.54) is 38.3 Å². The van der Waals surface area contributed by atoms with Crippen molar-refractivity contribution in [3.05, 3.63) is 68.0 Å². The van der Waals surface area contributed by atoms with Gasteiger partial charge < -0.3 is 15.1 Å². The molecule has 0 saturated heterocycles. The van der Waals surface area contributed by atoms with Gasteiger partial charge in [-0.3, -0.25) is 19.1 Å². The highest BCUT2D eigenvalue weighted by Gasteiger charge is 2.68. The van der Waals surface area contributed by atoms with E-state index in [0.29, 0.717) is 11.4 Å². The third kappa shape index (κ3) is 3.17. The molecule has 162 valence electrons. The number of nitrogens with one attached hydrogen (secondary N) is 3. The number of furan rings is 1. The number of amides is 1. The minimum atomic E-state index is -5.29. The highest BCUT2D eigenvalue weighted by Crippen LogP contribution is 2.46. The van der Waals surface area contributed by atoms with Gasteiger partial charge in [-0.1, -0.05) is 0 Å². The number of aromatic amines is 1. The largest absolute Gasteiger partial charge is 0.467 e. The van der Waals surface area contributed by atoms with E-state index in [0.717, 1.165) is 4.57 Å². The summed E-state index contributed by atoms with van der Waals surface area (Å²) >= 11 is 0. The molecule has 1 atom stereocenters. The zero-order valence-electron chi connectivity index (χ0n) is 16.1. The number of halogens is 3. The van der Waals surface area contributed by atoms with Crippen LogP contribution in [-0.4, -0.2) is 31.6 Å². The molecule has 0 saturated carbocycles. The van der Waals surface area contributed by atoms with Crippen molar-refractivity contribution in [2.75, 3.05) is 10.6 Å². The van der Waals surface area contributed by atoms with E-state index in [1.54, 1.807) is 0 Å². The summed E-state index contributed by atoms with van der Waals surface area (Å²) in [6, 6.07) is 4.53. The second kappa shape index (κ2) is 6.82. The number of hydrogen-bond donors (Lipinski definition) is 3. The quantitative estimate of drug-likeness (QED) is 0.563. The van der Waals surface area contributed by atoms with E-state index < -0.39 is 46.2 Å². The van der Waals surface area contributed by atoms with Crippen LogP contribution in [0.25, 0.3) is 0 Å². The van der Waals surface area contributed by atoms with Crippen LogP contribution < -0.4 is 21.9 Å². The van der Waals surface area contributed by atoms with Gasteiger partial charge in [-0.2, -0.15) is 13.2 Å². The molecule has 3 aromatic heterocycles. The lowest BCUT2D eigenvalue weighted by Gasteiger charge is -2.30. The Kier molecular flexibility index (Phi) is 4.48. The Hall–Kier alpha value is -3.90. The first kappa shape index (κ1) is 20.4. The maximum Gasteiger partial charge on any atom is 0.425 e. The molecule has 1 unspecified atom stereocenters. The van der Waals surface area contributed by atoms with Gasteiger partial charge in [0.05, 0.1) is 12.8 Å². The van der Waals surface area contributed by atoms with Gasteiger partial charge in [-0.15, -0.1) is 0 Å². The summed E-state index contributed by atoms with van der Waals surface area (Å²) in [4.78, 5) is 47.3. The van der Waals surface area contributed by atoms with Crippen molar-refractivity contribution < 1.29 is 22.4 Å². The minimum Gasteiger partial charge on any atom is -0.467 e. The monoisotopic (exact) mass is 436 g/mol. The number of aryl methyl sites for hydroxylation is 2. The number of nitrogens with zero attached hydrogens (tertiary/aromatic N) is 3. The van der Waals surface area contributed by atoms with Crippen LogP contribution in [0.4, 0.5) is 24.9 Å². The molecule has 13 heteroatoms.